The molecule has 5 nitrogen and oxygen atoms in total. The van der Waals surface area contributed by atoms with Gasteiger partial charge in [-0.2, -0.15) is 0 Å². The summed E-state index contributed by atoms with van der Waals surface area (Å²) in [5.41, 5.74) is 1.68. The van der Waals surface area contributed by atoms with Gasteiger partial charge in [0, 0.05) is 10.7 Å². The van der Waals surface area contributed by atoms with Crippen LogP contribution in [0.2, 0.25) is 5.02 Å². The van der Waals surface area contributed by atoms with Crippen LogP contribution in [0.1, 0.15) is 12.5 Å². The van der Waals surface area contributed by atoms with Crippen molar-refractivity contribution >= 4 is 23.2 Å². The van der Waals surface area contributed by atoms with E-state index in [9.17, 15) is 4.79 Å². The number of methoxy groups -OCH3 is 2. The minimum absolute atomic E-state index is 0.0679. The Labute approximate surface area is 153 Å². The molecule has 0 aromatic heterocycles. The van der Waals surface area contributed by atoms with Gasteiger partial charge in [0.2, 0.25) is 0 Å². The number of carbonyl (C=O) groups excluding carboxylic acids is 1. The van der Waals surface area contributed by atoms with Crippen LogP contribution in [0.25, 0.3) is 0 Å². The number of nitrogens with one attached hydrogen (secondary N) is 2. The smallest absolute Gasteiger partial charge is 0.282 e. The Morgan fingerprint density at radius 1 is 1.20 bits per heavy atom. The fourth-order valence-electron chi connectivity index (χ4n) is 2.59. The summed E-state index contributed by atoms with van der Waals surface area (Å²) in [7, 11) is 5.20. The molecule has 0 aliphatic heterocycles. The highest BCUT2D eigenvalue weighted by atomic mass is 35.5. The lowest BCUT2D eigenvalue weighted by Gasteiger charge is -2.22. The third kappa shape index (κ3) is 4.87. The fourth-order valence-corrected chi connectivity index (χ4v) is 2.78. The van der Waals surface area contributed by atoms with Gasteiger partial charge in [-0.05, 0) is 37.3 Å². The van der Waals surface area contributed by atoms with Gasteiger partial charge in [-0.3, -0.25) is 4.79 Å². The molecule has 25 heavy (non-hydrogen) atoms. The summed E-state index contributed by atoms with van der Waals surface area (Å²) in [6.07, 6.45) is 0. The molecule has 1 amide bonds. The van der Waals surface area contributed by atoms with Crippen LogP contribution in [-0.4, -0.2) is 33.2 Å². The molecule has 2 rings (SSSR count). The highest BCUT2D eigenvalue weighted by molar-refractivity contribution is 6.30. The van der Waals surface area contributed by atoms with Crippen LogP contribution in [0.5, 0.6) is 11.5 Å². The molecule has 134 valence electrons. The van der Waals surface area contributed by atoms with Crippen molar-refractivity contribution in [2.24, 2.45) is 0 Å². The molecule has 2 aromatic rings. The second kappa shape index (κ2) is 8.74. The molecule has 2 atom stereocenters. The predicted molar refractivity (Wildman–Crippen MR) is 99.7 cm³/mol. The molecular formula is C19H24ClN2O3+. The summed E-state index contributed by atoms with van der Waals surface area (Å²) in [6.45, 7) is 2.52. The molecule has 1 unspecified atom stereocenters. The average Bonchev–Trinajstić information content (AvgIpc) is 2.60. The number of para-hydroxylation sites is 1. The number of likely N-dealkylation sites (N-methyl/N-ethyl adjacent to an activating group) is 1. The topological polar surface area (TPSA) is 52.0 Å². The summed E-state index contributed by atoms with van der Waals surface area (Å²) < 4.78 is 10.8. The molecule has 0 aliphatic carbocycles. The molecule has 6 heteroatoms. The van der Waals surface area contributed by atoms with Gasteiger partial charge in [0.05, 0.1) is 26.8 Å². The van der Waals surface area contributed by atoms with E-state index >= 15 is 0 Å². The van der Waals surface area contributed by atoms with Crippen LogP contribution in [0.15, 0.2) is 42.5 Å². The predicted octanol–water partition coefficient (Wildman–Crippen LogP) is 2.40. The maximum atomic E-state index is 12.5. The van der Waals surface area contributed by atoms with E-state index in [4.69, 9.17) is 21.1 Å². The van der Waals surface area contributed by atoms with Crippen molar-refractivity contribution in [1.29, 1.82) is 0 Å². The molecule has 0 saturated carbocycles. The van der Waals surface area contributed by atoms with Crippen LogP contribution >= 0.6 is 11.6 Å². The lowest BCUT2D eigenvalue weighted by atomic mass is 10.1. The number of hydrogen-bond acceptors (Lipinski definition) is 3. The molecule has 0 saturated heterocycles. The first-order chi connectivity index (χ1) is 12.0. The Balaban J connectivity index is 2.07. The van der Waals surface area contributed by atoms with E-state index in [0.29, 0.717) is 28.8 Å². The van der Waals surface area contributed by atoms with Crippen molar-refractivity contribution in [3.8, 4) is 11.5 Å². The molecule has 0 fully saturated rings. The van der Waals surface area contributed by atoms with Gasteiger partial charge < -0.3 is 19.7 Å². The number of rotatable bonds is 7. The first-order valence-electron chi connectivity index (χ1n) is 8.05. The van der Waals surface area contributed by atoms with Crippen molar-refractivity contribution in [3.63, 3.8) is 0 Å². The van der Waals surface area contributed by atoms with Crippen molar-refractivity contribution in [2.75, 3.05) is 26.6 Å². The molecule has 0 aliphatic rings. The zero-order valence-electron chi connectivity index (χ0n) is 14.9. The van der Waals surface area contributed by atoms with Gasteiger partial charge in [-0.15, -0.1) is 0 Å². The number of carbonyl (C=O) groups is 1. The van der Waals surface area contributed by atoms with Crippen LogP contribution in [0, 0.1) is 0 Å². The Kier molecular flexibility index (Phi) is 6.67. The summed E-state index contributed by atoms with van der Waals surface area (Å²) in [5.74, 6) is 1.32. The average molecular weight is 364 g/mol. The highest BCUT2D eigenvalue weighted by Crippen LogP contribution is 2.30. The monoisotopic (exact) mass is 363 g/mol. The maximum Gasteiger partial charge on any atom is 0.282 e. The van der Waals surface area contributed by atoms with E-state index in [0.717, 1.165) is 10.5 Å². The van der Waals surface area contributed by atoms with E-state index in [-0.39, 0.29) is 11.9 Å². The second-order valence-corrected chi connectivity index (χ2v) is 6.33. The first kappa shape index (κ1) is 19.1. The van der Waals surface area contributed by atoms with Crippen LogP contribution in [0.4, 0.5) is 5.69 Å². The standard InChI is InChI=1S/C19H23ClN2O3/c1-13(19(23)21-16-9-6-8-15(20)11-16)22(2)12-14-7-5-10-17(24-3)18(14)25-4/h5-11,13H,12H2,1-4H3,(H,21,23)/p+1/t13-/m0/s1. The van der Waals surface area contributed by atoms with Crippen molar-refractivity contribution in [1.82, 2.24) is 0 Å². The minimum Gasteiger partial charge on any atom is -0.493 e. The largest absolute Gasteiger partial charge is 0.493 e. The summed E-state index contributed by atoms with van der Waals surface area (Å²) in [4.78, 5) is 13.5. The van der Waals surface area contributed by atoms with E-state index in [1.54, 1.807) is 32.4 Å². The van der Waals surface area contributed by atoms with Gasteiger partial charge in [0.1, 0.15) is 6.54 Å². The number of ether oxygens (including phenoxy) is 2. The molecule has 0 radical (unpaired) electrons. The molecule has 0 heterocycles. The zero-order chi connectivity index (χ0) is 18.4. The summed E-state index contributed by atoms with van der Waals surface area (Å²) in [6, 6.07) is 12.6. The Hall–Kier alpha value is -2.24. The molecule has 0 bridgehead atoms. The van der Waals surface area contributed by atoms with Gasteiger partial charge in [0.15, 0.2) is 17.5 Å². The molecule has 2 N–H and O–H groups in total. The minimum atomic E-state index is -0.255. The second-order valence-electron chi connectivity index (χ2n) is 5.90. The summed E-state index contributed by atoms with van der Waals surface area (Å²) >= 11 is 5.96. The lowest BCUT2D eigenvalue weighted by Crippen LogP contribution is -3.12. The fraction of sp³-hybridized carbons (Fsp3) is 0.316. The third-order valence-corrected chi connectivity index (χ3v) is 4.41. The number of hydrogen-bond donors (Lipinski definition) is 2. The van der Waals surface area contributed by atoms with E-state index in [2.05, 4.69) is 5.32 Å². The quantitative estimate of drug-likeness (QED) is 0.794. The number of benzene rings is 2. The molecular weight excluding hydrogens is 340 g/mol. The first-order valence-corrected chi connectivity index (χ1v) is 8.42. The maximum absolute atomic E-state index is 12.5. The Morgan fingerprint density at radius 3 is 2.56 bits per heavy atom. The van der Waals surface area contributed by atoms with Crippen LogP contribution in [-0.2, 0) is 11.3 Å². The van der Waals surface area contributed by atoms with Crippen LogP contribution in [0.3, 0.4) is 0 Å². The number of amides is 1. The summed E-state index contributed by atoms with van der Waals surface area (Å²) in [5, 5.41) is 3.49. The van der Waals surface area contributed by atoms with Crippen LogP contribution < -0.4 is 19.7 Å². The van der Waals surface area contributed by atoms with E-state index in [1.807, 2.05) is 38.2 Å². The van der Waals surface area contributed by atoms with Gasteiger partial charge in [-0.25, -0.2) is 0 Å². The normalized spacial score (nSPS) is 13.0. The molecule has 0 spiro atoms. The van der Waals surface area contributed by atoms with E-state index in [1.165, 1.54) is 0 Å². The Morgan fingerprint density at radius 2 is 1.92 bits per heavy atom. The van der Waals surface area contributed by atoms with Crippen molar-refractivity contribution < 1.29 is 19.2 Å². The van der Waals surface area contributed by atoms with Gasteiger partial charge in [-0.1, -0.05) is 23.7 Å². The SMILES string of the molecule is COc1cccc(C[NH+](C)[C@@H](C)C(=O)Nc2cccc(Cl)c2)c1OC. The number of quaternary nitrogens is 1. The third-order valence-electron chi connectivity index (χ3n) is 4.18. The lowest BCUT2D eigenvalue weighted by molar-refractivity contribution is -0.907. The van der Waals surface area contributed by atoms with Crippen molar-refractivity contribution in [3.05, 3.63) is 53.1 Å². The van der Waals surface area contributed by atoms with E-state index < -0.39 is 0 Å². The highest BCUT2D eigenvalue weighted by Gasteiger charge is 2.24. The van der Waals surface area contributed by atoms with Crippen molar-refractivity contribution in [2.45, 2.75) is 19.5 Å². The molecule has 2 aromatic carbocycles. The number of halogens is 1. The van der Waals surface area contributed by atoms with Gasteiger partial charge >= 0.3 is 0 Å². The zero-order valence-corrected chi connectivity index (χ0v) is 15.7. The Bertz CT molecular complexity index is 736. The number of anilines is 1. The van der Waals surface area contributed by atoms with Gasteiger partial charge in [0.25, 0.3) is 5.91 Å².